The molecule has 2 amide bonds. The molecule has 0 saturated heterocycles. The zero-order valence-electron chi connectivity index (χ0n) is 11.6. The first-order valence-electron chi connectivity index (χ1n) is 6.88. The van der Waals surface area contributed by atoms with E-state index in [4.69, 9.17) is 4.74 Å². The molecule has 0 radical (unpaired) electrons. The van der Waals surface area contributed by atoms with E-state index in [1.807, 2.05) is 24.3 Å². The van der Waals surface area contributed by atoms with Crippen LogP contribution in [0, 0.1) is 11.6 Å². The van der Waals surface area contributed by atoms with Crippen LogP contribution in [-0.4, -0.2) is 12.6 Å². The monoisotopic (exact) mass is 304 g/mol. The van der Waals surface area contributed by atoms with Crippen LogP contribution in [0.15, 0.2) is 42.5 Å². The van der Waals surface area contributed by atoms with Crippen LogP contribution in [-0.2, 0) is 0 Å². The minimum Gasteiger partial charge on any atom is -0.493 e. The highest BCUT2D eigenvalue weighted by molar-refractivity contribution is 5.89. The van der Waals surface area contributed by atoms with Gasteiger partial charge in [-0.3, -0.25) is 0 Å². The molecule has 3 rings (SSSR count). The maximum atomic E-state index is 13.5. The zero-order chi connectivity index (χ0) is 15.5. The predicted molar refractivity (Wildman–Crippen MR) is 77.8 cm³/mol. The SMILES string of the molecule is O=C(Nc1c(F)cccc1F)NC1CCOc2ccccc21. The summed E-state index contributed by atoms with van der Waals surface area (Å²) in [7, 11) is 0. The van der Waals surface area contributed by atoms with Crippen molar-refractivity contribution >= 4 is 11.7 Å². The second kappa shape index (κ2) is 6.01. The number of urea groups is 1. The van der Waals surface area contributed by atoms with E-state index in [-0.39, 0.29) is 6.04 Å². The Morgan fingerprint density at radius 3 is 2.59 bits per heavy atom. The summed E-state index contributed by atoms with van der Waals surface area (Å²) in [4.78, 5) is 12.0. The molecule has 0 aliphatic carbocycles. The van der Waals surface area contributed by atoms with Crippen LogP contribution in [0.2, 0.25) is 0 Å². The van der Waals surface area contributed by atoms with Crippen LogP contribution in [0.3, 0.4) is 0 Å². The Bertz CT molecular complexity index is 686. The largest absolute Gasteiger partial charge is 0.493 e. The van der Waals surface area contributed by atoms with Crippen molar-refractivity contribution in [1.82, 2.24) is 5.32 Å². The van der Waals surface area contributed by atoms with E-state index >= 15 is 0 Å². The highest BCUT2D eigenvalue weighted by Crippen LogP contribution is 2.31. The van der Waals surface area contributed by atoms with E-state index in [2.05, 4.69) is 10.6 Å². The quantitative estimate of drug-likeness (QED) is 0.890. The number of amides is 2. The van der Waals surface area contributed by atoms with Gasteiger partial charge in [0.1, 0.15) is 23.1 Å². The molecule has 114 valence electrons. The number of hydrogen-bond donors (Lipinski definition) is 2. The van der Waals surface area contributed by atoms with E-state index in [0.717, 1.165) is 17.7 Å². The van der Waals surface area contributed by atoms with E-state index in [1.54, 1.807) is 0 Å². The topological polar surface area (TPSA) is 50.4 Å². The van der Waals surface area contributed by atoms with Gasteiger partial charge >= 0.3 is 6.03 Å². The summed E-state index contributed by atoms with van der Waals surface area (Å²) in [5, 5.41) is 4.93. The average Bonchev–Trinajstić information content (AvgIpc) is 2.51. The number of fused-ring (bicyclic) bond motifs is 1. The van der Waals surface area contributed by atoms with Gasteiger partial charge in [-0.1, -0.05) is 24.3 Å². The van der Waals surface area contributed by atoms with Crippen molar-refractivity contribution in [3.05, 3.63) is 59.7 Å². The molecule has 2 aromatic carbocycles. The fraction of sp³-hybridized carbons (Fsp3) is 0.188. The summed E-state index contributed by atoms with van der Waals surface area (Å²) in [6.07, 6.45) is 0.587. The van der Waals surface area contributed by atoms with Crippen molar-refractivity contribution in [2.45, 2.75) is 12.5 Å². The normalized spacial score (nSPS) is 16.4. The zero-order valence-corrected chi connectivity index (χ0v) is 11.6. The van der Waals surface area contributed by atoms with Crippen molar-refractivity contribution in [3.63, 3.8) is 0 Å². The number of carbonyl (C=O) groups excluding carboxylic acids is 1. The fourth-order valence-electron chi connectivity index (χ4n) is 2.42. The van der Waals surface area contributed by atoms with Gasteiger partial charge in [0.15, 0.2) is 0 Å². The van der Waals surface area contributed by atoms with E-state index in [0.29, 0.717) is 18.8 Å². The molecule has 4 nitrogen and oxygen atoms in total. The smallest absolute Gasteiger partial charge is 0.319 e. The lowest BCUT2D eigenvalue weighted by molar-refractivity contribution is 0.232. The summed E-state index contributed by atoms with van der Waals surface area (Å²) in [6, 6.07) is 9.84. The third-order valence-electron chi connectivity index (χ3n) is 3.47. The second-order valence-electron chi connectivity index (χ2n) is 4.92. The minimum atomic E-state index is -0.817. The molecule has 0 bridgehead atoms. The van der Waals surface area contributed by atoms with E-state index in [1.165, 1.54) is 6.07 Å². The summed E-state index contributed by atoms with van der Waals surface area (Å²) in [5.74, 6) is -0.929. The molecule has 22 heavy (non-hydrogen) atoms. The highest BCUT2D eigenvalue weighted by atomic mass is 19.1. The lowest BCUT2D eigenvalue weighted by Gasteiger charge is -2.26. The molecule has 1 heterocycles. The molecule has 1 aliphatic rings. The number of ether oxygens (including phenoxy) is 1. The van der Waals surface area contributed by atoms with Crippen molar-refractivity contribution in [3.8, 4) is 5.75 Å². The van der Waals surface area contributed by atoms with Crippen molar-refractivity contribution in [2.75, 3.05) is 11.9 Å². The van der Waals surface area contributed by atoms with Gasteiger partial charge in [0.25, 0.3) is 0 Å². The Labute approximate surface area is 126 Å². The number of halogens is 2. The molecule has 2 aromatic rings. The van der Waals surface area contributed by atoms with Crippen LogP contribution in [0.25, 0.3) is 0 Å². The maximum absolute atomic E-state index is 13.5. The van der Waals surface area contributed by atoms with E-state index < -0.39 is 23.4 Å². The molecule has 0 fully saturated rings. The standard InChI is InChI=1S/C16H14F2N2O2/c17-11-5-3-6-12(18)15(11)20-16(21)19-13-8-9-22-14-7-2-1-4-10(13)14/h1-7,13H,8-9H2,(H2,19,20,21). The number of carbonyl (C=O) groups is 1. The van der Waals surface area contributed by atoms with Gasteiger partial charge in [0.05, 0.1) is 12.6 Å². The summed E-state index contributed by atoms with van der Waals surface area (Å²) in [6.45, 7) is 0.468. The summed E-state index contributed by atoms with van der Waals surface area (Å²) < 4.78 is 32.6. The van der Waals surface area contributed by atoms with Crippen molar-refractivity contribution in [1.29, 1.82) is 0 Å². The molecular formula is C16H14F2N2O2. The Balaban J connectivity index is 1.73. The van der Waals surface area contributed by atoms with Crippen LogP contribution in [0.1, 0.15) is 18.0 Å². The number of rotatable bonds is 2. The third-order valence-corrected chi connectivity index (χ3v) is 3.47. The van der Waals surface area contributed by atoms with Gasteiger partial charge in [0, 0.05) is 12.0 Å². The molecule has 0 spiro atoms. The van der Waals surface area contributed by atoms with Gasteiger partial charge < -0.3 is 15.4 Å². The Hall–Kier alpha value is -2.63. The van der Waals surface area contributed by atoms with Crippen molar-refractivity contribution in [2.24, 2.45) is 0 Å². The first-order chi connectivity index (χ1) is 10.6. The van der Waals surface area contributed by atoms with E-state index in [9.17, 15) is 13.6 Å². The fourth-order valence-corrected chi connectivity index (χ4v) is 2.42. The van der Waals surface area contributed by atoms with Gasteiger partial charge in [-0.25, -0.2) is 13.6 Å². The van der Waals surface area contributed by atoms with Crippen LogP contribution in [0.5, 0.6) is 5.75 Å². The van der Waals surface area contributed by atoms with Gasteiger partial charge in [-0.2, -0.15) is 0 Å². The minimum absolute atomic E-state index is 0.264. The second-order valence-corrected chi connectivity index (χ2v) is 4.92. The highest BCUT2D eigenvalue weighted by Gasteiger charge is 2.23. The van der Waals surface area contributed by atoms with Crippen LogP contribution >= 0.6 is 0 Å². The number of nitrogens with one attached hydrogen (secondary N) is 2. The first-order valence-corrected chi connectivity index (χ1v) is 6.88. The molecule has 6 heteroatoms. The summed E-state index contributed by atoms with van der Waals surface area (Å²) >= 11 is 0. The number of hydrogen-bond acceptors (Lipinski definition) is 2. The Morgan fingerprint density at radius 1 is 1.09 bits per heavy atom. The Kier molecular flexibility index (Phi) is 3.91. The maximum Gasteiger partial charge on any atom is 0.319 e. The molecule has 0 saturated carbocycles. The Morgan fingerprint density at radius 2 is 1.82 bits per heavy atom. The lowest BCUT2D eigenvalue weighted by atomic mass is 10.0. The molecule has 1 aliphatic heterocycles. The van der Waals surface area contributed by atoms with Crippen LogP contribution in [0.4, 0.5) is 19.3 Å². The third kappa shape index (κ3) is 2.86. The van der Waals surface area contributed by atoms with Crippen molar-refractivity contribution < 1.29 is 18.3 Å². The first kappa shape index (κ1) is 14.3. The number of para-hydroxylation sites is 2. The van der Waals surface area contributed by atoms with Gasteiger partial charge in [-0.05, 0) is 18.2 Å². The molecule has 0 aromatic heterocycles. The number of benzene rings is 2. The van der Waals surface area contributed by atoms with Gasteiger partial charge in [-0.15, -0.1) is 0 Å². The van der Waals surface area contributed by atoms with Gasteiger partial charge in [0.2, 0.25) is 0 Å². The average molecular weight is 304 g/mol. The molecule has 1 atom stereocenters. The molecule has 1 unspecified atom stereocenters. The van der Waals surface area contributed by atoms with Crippen LogP contribution < -0.4 is 15.4 Å². The summed E-state index contributed by atoms with van der Waals surface area (Å²) in [5.41, 5.74) is 0.387. The molecular weight excluding hydrogens is 290 g/mol. The molecule has 2 N–H and O–H groups in total. The number of anilines is 1. The predicted octanol–water partition coefficient (Wildman–Crippen LogP) is 3.61. The lowest BCUT2D eigenvalue weighted by Crippen LogP contribution is -2.35.